The van der Waals surface area contributed by atoms with Crippen LogP contribution in [0.5, 0.6) is 5.75 Å². The number of sulfonamides is 1. The molecule has 1 N–H and O–H groups in total. The van der Waals surface area contributed by atoms with Crippen molar-refractivity contribution in [2.75, 3.05) is 45.1 Å². The SMILES string of the molecule is COc1ccc2c(c1NS(=O)(=O)c1sc3ccc(Cl)cc3c1C)CCC2N1CCN(C)CC1. The van der Waals surface area contributed by atoms with E-state index >= 15 is 0 Å². The molecule has 1 aliphatic carbocycles. The maximum atomic E-state index is 13.6. The average Bonchev–Trinajstić information content (AvgIpc) is 3.36. The van der Waals surface area contributed by atoms with Gasteiger partial charge in [0.15, 0.2) is 0 Å². The van der Waals surface area contributed by atoms with Crippen LogP contribution in [0, 0.1) is 6.92 Å². The number of methoxy groups -OCH3 is 1. The van der Waals surface area contributed by atoms with E-state index in [4.69, 9.17) is 16.3 Å². The zero-order valence-electron chi connectivity index (χ0n) is 19.0. The highest BCUT2D eigenvalue weighted by atomic mass is 35.5. The van der Waals surface area contributed by atoms with Crippen LogP contribution < -0.4 is 9.46 Å². The van der Waals surface area contributed by atoms with Crippen LogP contribution in [0.3, 0.4) is 0 Å². The number of rotatable bonds is 5. The number of nitrogens with zero attached hydrogens (tertiary/aromatic N) is 2. The molecule has 3 aromatic rings. The van der Waals surface area contributed by atoms with Crippen molar-refractivity contribution >= 4 is 48.7 Å². The molecule has 0 amide bonds. The number of ether oxygens (including phenoxy) is 1. The van der Waals surface area contributed by atoms with Crippen LogP contribution in [0.1, 0.15) is 29.2 Å². The van der Waals surface area contributed by atoms with Crippen molar-refractivity contribution in [3.8, 4) is 5.75 Å². The molecule has 2 aliphatic rings. The lowest BCUT2D eigenvalue weighted by Gasteiger charge is -2.36. The van der Waals surface area contributed by atoms with Crippen LogP contribution in [0.4, 0.5) is 5.69 Å². The molecule has 2 aromatic carbocycles. The highest BCUT2D eigenvalue weighted by Gasteiger charge is 2.34. The minimum Gasteiger partial charge on any atom is -0.495 e. The van der Waals surface area contributed by atoms with Gasteiger partial charge in [-0.1, -0.05) is 17.7 Å². The molecule has 5 rings (SSSR count). The first kappa shape index (κ1) is 22.9. The summed E-state index contributed by atoms with van der Waals surface area (Å²) >= 11 is 7.42. The number of hydrogen-bond donors (Lipinski definition) is 1. The van der Waals surface area contributed by atoms with Gasteiger partial charge in [-0.15, -0.1) is 11.3 Å². The molecule has 0 bridgehead atoms. The summed E-state index contributed by atoms with van der Waals surface area (Å²) in [4.78, 5) is 4.87. The number of thiophene rings is 1. The van der Waals surface area contributed by atoms with Gasteiger partial charge in [0.05, 0.1) is 12.8 Å². The Labute approximate surface area is 204 Å². The summed E-state index contributed by atoms with van der Waals surface area (Å²) in [5.41, 5.74) is 3.54. The van der Waals surface area contributed by atoms with Gasteiger partial charge in [-0.2, -0.15) is 0 Å². The van der Waals surface area contributed by atoms with Crippen molar-refractivity contribution in [3.63, 3.8) is 0 Å². The topological polar surface area (TPSA) is 61.9 Å². The second-order valence-electron chi connectivity index (χ2n) is 8.86. The molecule has 2 heterocycles. The summed E-state index contributed by atoms with van der Waals surface area (Å²) in [6.45, 7) is 5.99. The lowest BCUT2D eigenvalue weighted by atomic mass is 10.0. The first-order chi connectivity index (χ1) is 15.8. The summed E-state index contributed by atoms with van der Waals surface area (Å²) in [5.74, 6) is 0.554. The van der Waals surface area contributed by atoms with Crippen molar-refractivity contribution in [1.82, 2.24) is 9.80 Å². The molecule has 1 fully saturated rings. The molecule has 1 atom stereocenters. The number of hydrogen-bond acceptors (Lipinski definition) is 6. The molecule has 176 valence electrons. The van der Waals surface area contributed by atoms with Crippen molar-refractivity contribution < 1.29 is 13.2 Å². The van der Waals surface area contributed by atoms with Crippen LogP contribution in [-0.4, -0.2) is 58.6 Å². The quantitative estimate of drug-likeness (QED) is 0.534. The number of likely N-dealkylation sites (N-methyl/N-ethyl adjacent to an activating group) is 1. The fourth-order valence-corrected chi connectivity index (χ4v) is 8.09. The maximum Gasteiger partial charge on any atom is 0.271 e. The summed E-state index contributed by atoms with van der Waals surface area (Å²) in [6, 6.07) is 9.79. The summed E-state index contributed by atoms with van der Waals surface area (Å²) in [7, 11) is -0.0605. The van der Waals surface area contributed by atoms with Gasteiger partial charge in [-0.05, 0) is 73.2 Å². The third-order valence-electron chi connectivity index (χ3n) is 6.87. The Bertz CT molecular complexity index is 1310. The number of benzene rings is 2. The van der Waals surface area contributed by atoms with Crippen LogP contribution in [0.25, 0.3) is 10.1 Å². The fraction of sp³-hybridized carbons (Fsp3) is 0.417. The molecule has 1 unspecified atom stereocenters. The van der Waals surface area contributed by atoms with E-state index < -0.39 is 10.0 Å². The number of nitrogens with one attached hydrogen (secondary N) is 1. The molecule has 1 aliphatic heterocycles. The Morgan fingerprint density at radius 1 is 1.15 bits per heavy atom. The Morgan fingerprint density at radius 2 is 1.91 bits per heavy atom. The lowest BCUT2D eigenvalue weighted by Crippen LogP contribution is -2.45. The van der Waals surface area contributed by atoms with E-state index in [0.717, 1.165) is 54.7 Å². The van der Waals surface area contributed by atoms with Crippen LogP contribution in [0.2, 0.25) is 5.02 Å². The van der Waals surface area contributed by atoms with Gasteiger partial charge in [0.1, 0.15) is 9.96 Å². The number of anilines is 1. The van der Waals surface area contributed by atoms with Crippen LogP contribution in [0.15, 0.2) is 34.5 Å². The first-order valence-corrected chi connectivity index (χ1v) is 13.8. The minimum absolute atomic E-state index is 0.313. The third kappa shape index (κ3) is 4.12. The Morgan fingerprint density at radius 3 is 2.64 bits per heavy atom. The number of piperazine rings is 1. The predicted molar refractivity (Wildman–Crippen MR) is 136 cm³/mol. The largest absolute Gasteiger partial charge is 0.495 e. The molecule has 6 nitrogen and oxygen atoms in total. The average molecular weight is 506 g/mol. The third-order valence-corrected chi connectivity index (χ3v) is 10.3. The predicted octanol–water partition coefficient (Wildman–Crippen LogP) is 4.91. The first-order valence-electron chi connectivity index (χ1n) is 11.1. The summed E-state index contributed by atoms with van der Waals surface area (Å²) in [6.07, 6.45) is 1.81. The maximum absolute atomic E-state index is 13.6. The molecule has 1 aromatic heterocycles. The number of halogens is 1. The van der Waals surface area contributed by atoms with Gasteiger partial charge in [0.25, 0.3) is 10.0 Å². The van der Waals surface area contributed by atoms with Crippen molar-refractivity contribution in [2.45, 2.75) is 30.0 Å². The van der Waals surface area contributed by atoms with E-state index in [1.165, 1.54) is 16.9 Å². The van der Waals surface area contributed by atoms with Gasteiger partial charge in [0.2, 0.25) is 0 Å². The van der Waals surface area contributed by atoms with E-state index in [-0.39, 0.29) is 0 Å². The number of aryl methyl sites for hydroxylation is 1. The molecule has 33 heavy (non-hydrogen) atoms. The van der Waals surface area contributed by atoms with Gasteiger partial charge in [-0.25, -0.2) is 8.42 Å². The highest BCUT2D eigenvalue weighted by molar-refractivity contribution is 7.95. The smallest absolute Gasteiger partial charge is 0.271 e. The van der Waals surface area contributed by atoms with Crippen molar-refractivity contribution in [2.24, 2.45) is 0 Å². The minimum atomic E-state index is -3.80. The van der Waals surface area contributed by atoms with Gasteiger partial charge in [0, 0.05) is 41.9 Å². The molecule has 0 saturated carbocycles. The zero-order chi connectivity index (χ0) is 23.3. The second-order valence-corrected chi connectivity index (χ2v) is 12.2. The van der Waals surface area contributed by atoms with Crippen molar-refractivity contribution in [3.05, 3.63) is 52.0 Å². The van der Waals surface area contributed by atoms with Gasteiger partial charge < -0.3 is 9.64 Å². The highest BCUT2D eigenvalue weighted by Crippen LogP contribution is 2.45. The van der Waals surface area contributed by atoms with E-state index in [1.807, 2.05) is 25.1 Å². The van der Waals surface area contributed by atoms with Crippen LogP contribution in [-0.2, 0) is 16.4 Å². The Kier molecular flexibility index (Phi) is 6.07. The Hall–Kier alpha value is -1.84. The molecule has 0 spiro atoms. The molecular weight excluding hydrogens is 478 g/mol. The standard InChI is InChI=1S/C24H28ClN3O3S2/c1-15-19-14-16(25)4-9-22(19)32-24(15)33(29,30)26-23-18-5-7-20(17(18)6-8-21(23)31-3)28-12-10-27(2)11-13-28/h4,6,8-9,14,20,26H,5,7,10-13H2,1-3H3. The summed E-state index contributed by atoms with van der Waals surface area (Å²) in [5, 5.41) is 1.46. The zero-order valence-corrected chi connectivity index (χ0v) is 21.4. The number of fused-ring (bicyclic) bond motifs is 2. The second kappa shape index (κ2) is 8.74. The van der Waals surface area contributed by atoms with Gasteiger partial charge in [-0.3, -0.25) is 9.62 Å². The normalized spacial score (nSPS) is 19.7. The molecule has 9 heteroatoms. The van der Waals surface area contributed by atoms with E-state index in [1.54, 1.807) is 13.2 Å². The van der Waals surface area contributed by atoms with Crippen LogP contribution >= 0.6 is 22.9 Å². The molecular formula is C24H28ClN3O3S2. The van der Waals surface area contributed by atoms with E-state index in [2.05, 4.69) is 27.6 Å². The summed E-state index contributed by atoms with van der Waals surface area (Å²) < 4.78 is 36.8. The van der Waals surface area contributed by atoms with E-state index in [0.29, 0.717) is 32.3 Å². The monoisotopic (exact) mass is 505 g/mol. The van der Waals surface area contributed by atoms with E-state index in [9.17, 15) is 8.42 Å². The Balaban J connectivity index is 1.52. The fourth-order valence-electron chi connectivity index (χ4n) is 5.06. The van der Waals surface area contributed by atoms with Crippen molar-refractivity contribution in [1.29, 1.82) is 0 Å². The lowest BCUT2D eigenvalue weighted by molar-refractivity contribution is 0.111. The van der Waals surface area contributed by atoms with Gasteiger partial charge >= 0.3 is 0 Å². The molecule has 1 saturated heterocycles. The molecule has 0 radical (unpaired) electrons.